The summed E-state index contributed by atoms with van der Waals surface area (Å²) in [5.74, 6) is -0.600. The van der Waals surface area contributed by atoms with Crippen molar-refractivity contribution in [1.82, 2.24) is 4.90 Å². The molecule has 0 aliphatic rings. The molecule has 1 rings (SSSR count). The predicted octanol–water partition coefficient (Wildman–Crippen LogP) is 1.68. The van der Waals surface area contributed by atoms with Gasteiger partial charge in [-0.2, -0.15) is 0 Å². The Labute approximate surface area is 101 Å². The maximum absolute atomic E-state index is 11.8. The second kappa shape index (κ2) is 5.69. The Morgan fingerprint density at radius 2 is 2.19 bits per heavy atom. The van der Waals surface area contributed by atoms with Gasteiger partial charge in [0.2, 0.25) is 0 Å². The quantitative estimate of drug-likeness (QED) is 0.792. The van der Waals surface area contributed by atoms with Gasteiger partial charge in [0, 0.05) is 6.54 Å². The summed E-state index contributed by atoms with van der Waals surface area (Å²) in [7, 11) is 1.28. The molecule has 0 aliphatic heterocycles. The van der Waals surface area contributed by atoms with Crippen LogP contribution in [-0.4, -0.2) is 37.0 Å². The van der Waals surface area contributed by atoms with Crippen LogP contribution in [0.15, 0.2) is 21.2 Å². The van der Waals surface area contributed by atoms with Crippen LogP contribution in [0.5, 0.6) is 0 Å². The molecule has 0 atom stereocenters. The molecular weight excluding hydrogens is 278 g/mol. The van der Waals surface area contributed by atoms with E-state index in [1.54, 1.807) is 19.1 Å². The van der Waals surface area contributed by atoms with Crippen molar-refractivity contribution in [3.05, 3.63) is 22.6 Å². The van der Waals surface area contributed by atoms with Crippen molar-refractivity contribution in [3.8, 4) is 0 Å². The number of hydrogen-bond acceptors (Lipinski definition) is 4. The lowest BCUT2D eigenvalue weighted by Crippen LogP contribution is -2.35. The van der Waals surface area contributed by atoms with E-state index in [-0.39, 0.29) is 18.2 Å². The molecule has 0 saturated carbocycles. The summed E-state index contributed by atoms with van der Waals surface area (Å²) in [4.78, 5) is 24.3. The number of nitrogens with zero attached hydrogens (tertiary/aromatic N) is 1. The van der Waals surface area contributed by atoms with E-state index in [4.69, 9.17) is 4.42 Å². The van der Waals surface area contributed by atoms with Gasteiger partial charge in [0.1, 0.15) is 6.54 Å². The van der Waals surface area contributed by atoms with E-state index in [9.17, 15) is 9.59 Å². The topological polar surface area (TPSA) is 59.8 Å². The second-order valence-corrected chi connectivity index (χ2v) is 3.78. The molecule has 0 bridgehead atoms. The average molecular weight is 290 g/mol. The lowest BCUT2D eigenvalue weighted by Gasteiger charge is -2.17. The van der Waals surface area contributed by atoms with Crippen molar-refractivity contribution < 1.29 is 18.7 Å². The Bertz CT molecular complexity index is 388. The Kier molecular flexibility index (Phi) is 4.54. The molecule has 0 unspecified atom stereocenters. The highest BCUT2D eigenvalue weighted by atomic mass is 79.9. The van der Waals surface area contributed by atoms with E-state index in [2.05, 4.69) is 20.7 Å². The van der Waals surface area contributed by atoms with Gasteiger partial charge in [0.25, 0.3) is 5.91 Å². The summed E-state index contributed by atoms with van der Waals surface area (Å²) in [6.07, 6.45) is 0. The molecule has 0 N–H and O–H groups in total. The highest BCUT2D eigenvalue weighted by Crippen LogP contribution is 2.15. The van der Waals surface area contributed by atoms with Crippen LogP contribution < -0.4 is 0 Å². The highest BCUT2D eigenvalue weighted by Gasteiger charge is 2.20. The van der Waals surface area contributed by atoms with Gasteiger partial charge in [-0.05, 0) is 35.0 Å². The molecule has 5 nitrogen and oxygen atoms in total. The Morgan fingerprint density at radius 3 is 2.62 bits per heavy atom. The fraction of sp³-hybridized carbons (Fsp3) is 0.400. The summed E-state index contributed by atoms with van der Waals surface area (Å²) in [5, 5.41) is 0. The Morgan fingerprint density at radius 1 is 1.50 bits per heavy atom. The maximum atomic E-state index is 11.8. The zero-order chi connectivity index (χ0) is 12.1. The monoisotopic (exact) mass is 289 g/mol. The molecular formula is C10H12BrNO4. The predicted molar refractivity (Wildman–Crippen MR) is 60.0 cm³/mol. The van der Waals surface area contributed by atoms with Crippen LogP contribution in [0.4, 0.5) is 0 Å². The largest absolute Gasteiger partial charge is 0.468 e. The van der Waals surface area contributed by atoms with Crippen LogP contribution in [0.3, 0.4) is 0 Å². The minimum atomic E-state index is -0.458. The number of esters is 1. The number of furan rings is 1. The molecule has 0 saturated heterocycles. The molecule has 0 radical (unpaired) electrons. The molecule has 1 heterocycles. The molecule has 1 aromatic heterocycles. The van der Waals surface area contributed by atoms with Crippen LogP contribution in [0, 0.1) is 0 Å². The van der Waals surface area contributed by atoms with E-state index in [0.717, 1.165) is 0 Å². The van der Waals surface area contributed by atoms with Gasteiger partial charge in [-0.1, -0.05) is 0 Å². The van der Waals surface area contributed by atoms with Crippen LogP contribution in [0.1, 0.15) is 17.5 Å². The van der Waals surface area contributed by atoms with Gasteiger partial charge in [0.15, 0.2) is 10.4 Å². The molecule has 6 heteroatoms. The van der Waals surface area contributed by atoms with Gasteiger partial charge in [-0.25, -0.2) is 0 Å². The summed E-state index contributed by atoms with van der Waals surface area (Å²) in [6.45, 7) is 2.11. The van der Waals surface area contributed by atoms with E-state index < -0.39 is 5.97 Å². The zero-order valence-electron chi connectivity index (χ0n) is 9.03. The number of halogens is 1. The molecule has 0 fully saturated rings. The summed E-state index contributed by atoms with van der Waals surface area (Å²) >= 11 is 3.11. The van der Waals surface area contributed by atoms with Crippen LogP contribution in [0.2, 0.25) is 0 Å². The van der Waals surface area contributed by atoms with E-state index >= 15 is 0 Å². The van der Waals surface area contributed by atoms with Crippen molar-refractivity contribution in [1.29, 1.82) is 0 Å². The molecule has 0 aromatic carbocycles. The third-order valence-electron chi connectivity index (χ3n) is 2.00. The minimum Gasteiger partial charge on any atom is -0.468 e. The van der Waals surface area contributed by atoms with Crippen LogP contribution in [-0.2, 0) is 9.53 Å². The van der Waals surface area contributed by atoms with Crippen LogP contribution >= 0.6 is 15.9 Å². The van der Waals surface area contributed by atoms with Gasteiger partial charge in [-0.3, -0.25) is 9.59 Å². The van der Waals surface area contributed by atoms with Crippen LogP contribution in [0.25, 0.3) is 0 Å². The second-order valence-electron chi connectivity index (χ2n) is 3.00. The smallest absolute Gasteiger partial charge is 0.325 e. The lowest BCUT2D eigenvalue weighted by molar-refractivity contribution is -0.141. The molecule has 88 valence electrons. The first-order valence-corrected chi connectivity index (χ1v) is 5.49. The van der Waals surface area contributed by atoms with Crippen molar-refractivity contribution in [2.24, 2.45) is 0 Å². The van der Waals surface area contributed by atoms with Gasteiger partial charge in [0.05, 0.1) is 7.11 Å². The number of carbonyl (C=O) groups is 2. The molecule has 16 heavy (non-hydrogen) atoms. The number of likely N-dealkylation sites (N-methyl/N-ethyl adjacent to an activating group) is 1. The third-order valence-corrected chi connectivity index (χ3v) is 2.43. The van der Waals surface area contributed by atoms with Crippen molar-refractivity contribution in [2.75, 3.05) is 20.2 Å². The minimum absolute atomic E-state index is 0.0792. The van der Waals surface area contributed by atoms with Crippen molar-refractivity contribution in [2.45, 2.75) is 6.92 Å². The Balaban J connectivity index is 2.73. The first kappa shape index (κ1) is 12.8. The standard InChI is InChI=1S/C10H12BrNO4/c1-3-12(6-9(13)15-2)10(14)7-4-5-8(11)16-7/h4-5H,3,6H2,1-2H3. The van der Waals surface area contributed by atoms with Crippen molar-refractivity contribution >= 4 is 27.8 Å². The molecule has 1 aromatic rings. The van der Waals surface area contributed by atoms with E-state index in [1.807, 2.05) is 0 Å². The van der Waals surface area contributed by atoms with Gasteiger partial charge < -0.3 is 14.1 Å². The third kappa shape index (κ3) is 3.10. The van der Waals surface area contributed by atoms with Gasteiger partial charge in [-0.15, -0.1) is 0 Å². The fourth-order valence-electron chi connectivity index (χ4n) is 1.13. The fourth-order valence-corrected chi connectivity index (χ4v) is 1.44. The number of ether oxygens (including phenoxy) is 1. The van der Waals surface area contributed by atoms with E-state index in [1.165, 1.54) is 12.0 Å². The lowest BCUT2D eigenvalue weighted by atomic mass is 10.3. The van der Waals surface area contributed by atoms with E-state index in [0.29, 0.717) is 11.2 Å². The first-order chi connectivity index (χ1) is 7.58. The normalized spacial score (nSPS) is 9.94. The average Bonchev–Trinajstić information content (AvgIpc) is 2.71. The molecule has 1 amide bonds. The number of hydrogen-bond donors (Lipinski definition) is 0. The molecule has 0 spiro atoms. The molecule has 0 aliphatic carbocycles. The Hall–Kier alpha value is -1.30. The summed E-state index contributed by atoms with van der Waals surface area (Å²) in [6, 6.07) is 3.17. The van der Waals surface area contributed by atoms with Crippen molar-refractivity contribution in [3.63, 3.8) is 0 Å². The maximum Gasteiger partial charge on any atom is 0.325 e. The highest BCUT2D eigenvalue weighted by molar-refractivity contribution is 9.10. The van der Waals surface area contributed by atoms with Gasteiger partial charge >= 0.3 is 5.97 Å². The first-order valence-electron chi connectivity index (χ1n) is 4.70. The summed E-state index contributed by atoms with van der Waals surface area (Å²) in [5.41, 5.74) is 0. The number of carbonyl (C=O) groups excluding carboxylic acids is 2. The zero-order valence-corrected chi connectivity index (χ0v) is 10.6. The number of rotatable bonds is 4. The number of amides is 1. The SMILES string of the molecule is CCN(CC(=O)OC)C(=O)c1ccc(Br)o1. The summed E-state index contributed by atoms with van der Waals surface area (Å²) < 4.78 is 10.1. The number of methoxy groups -OCH3 is 1.